The zero-order chi connectivity index (χ0) is 11.8. The molecule has 0 bridgehead atoms. The summed E-state index contributed by atoms with van der Waals surface area (Å²) < 4.78 is 0. The molecule has 1 heterocycles. The number of H-pyrrole nitrogens is 1. The molecule has 3 rings (SSSR count). The fourth-order valence-electron chi connectivity index (χ4n) is 1.98. The van der Waals surface area contributed by atoms with Gasteiger partial charge < -0.3 is 4.98 Å². The molecule has 2 aromatic carbocycles. The summed E-state index contributed by atoms with van der Waals surface area (Å²) in [6.07, 6.45) is 0. The smallest absolute Gasteiger partial charge is 0.197 e. The molecule has 84 valence electrons. The van der Waals surface area contributed by atoms with Gasteiger partial charge in [0.05, 0.1) is 5.52 Å². The second-order valence-corrected chi connectivity index (χ2v) is 4.53. The van der Waals surface area contributed by atoms with Gasteiger partial charge in [-0.1, -0.05) is 12.1 Å². The van der Waals surface area contributed by atoms with Crippen molar-refractivity contribution in [2.45, 2.75) is 4.90 Å². The summed E-state index contributed by atoms with van der Waals surface area (Å²) in [4.78, 5) is 16.4. The highest BCUT2D eigenvalue weighted by atomic mass is 32.2. The van der Waals surface area contributed by atoms with Gasteiger partial charge in [-0.25, -0.2) is 0 Å². The van der Waals surface area contributed by atoms with E-state index in [9.17, 15) is 4.79 Å². The zero-order valence-corrected chi connectivity index (χ0v) is 9.75. The van der Waals surface area contributed by atoms with Crippen molar-refractivity contribution in [1.82, 2.24) is 4.98 Å². The molecule has 0 aliphatic rings. The number of para-hydroxylation sites is 1. The maximum Gasteiger partial charge on any atom is 0.197 e. The summed E-state index contributed by atoms with van der Waals surface area (Å²) in [5.74, 6) is 0. The molecule has 3 aromatic rings. The Hall–Kier alpha value is -1.78. The number of rotatable bonds is 1. The maximum atomic E-state index is 12.2. The van der Waals surface area contributed by atoms with E-state index in [4.69, 9.17) is 5.14 Å². The molecule has 3 nitrogen and oxygen atoms in total. The van der Waals surface area contributed by atoms with Crippen molar-refractivity contribution in [3.05, 3.63) is 52.7 Å². The van der Waals surface area contributed by atoms with Crippen LogP contribution in [0, 0.1) is 0 Å². The van der Waals surface area contributed by atoms with E-state index in [-0.39, 0.29) is 5.43 Å². The topological polar surface area (TPSA) is 58.9 Å². The normalized spacial score (nSPS) is 11.1. The van der Waals surface area contributed by atoms with Gasteiger partial charge in [-0.05, 0) is 42.3 Å². The highest BCUT2D eigenvalue weighted by molar-refractivity contribution is 7.97. The Morgan fingerprint density at radius 2 is 1.76 bits per heavy atom. The van der Waals surface area contributed by atoms with E-state index in [1.165, 1.54) is 11.9 Å². The van der Waals surface area contributed by atoms with Gasteiger partial charge in [0.1, 0.15) is 0 Å². The van der Waals surface area contributed by atoms with Crippen LogP contribution in [0.1, 0.15) is 0 Å². The summed E-state index contributed by atoms with van der Waals surface area (Å²) in [5, 5.41) is 6.93. The lowest BCUT2D eigenvalue weighted by Crippen LogP contribution is -2.03. The number of hydrogen-bond acceptors (Lipinski definition) is 3. The first-order chi connectivity index (χ1) is 8.29. The quantitative estimate of drug-likeness (QED) is 0.509. The Balaban J connectivity index is 2.50. The van der Waals surface area contributed by atoms with E-state index in [2.05, 4.69) is 4.98 Å². The number of aromatic amines is 1. The van der Waals surface area contributed by atoms with Crippen LogP contribution in [0.5, 0.6) is 0 Å². The van der Waals surface area contributed by atoms with E-state index >= 15 is 0 Å². The second-order valence-electron chi connectivity index (χ2n) is 3.82. The van der Waals surface area contributed by atoms with E-state index < -0.39 is 0 Å². The molecule has 0 atom stereocenters. The van der Waals surface area contributed by atoms with Crippen molar-refractivity contribution < 1.29 is 0 Å². The van der Waals surface area contributed by atoms with Crippen molar-refractivity contribution in [2.24, 2.45) is 5.14 Å². The average molecular weight is 242 g/mol. The van der Waals surface area contributed by atoms with Crippen LogP contribution < -0.4 is 10.6 Å². The Morgan fingerprint density at radius 3 is 2.59 bits per heavy atom. The van der Waals surface area contributed by atoms with Gasteiger partial charge in [0.2, 0.25) is 0 Å². The van der Waals surface area contributed by atoms with E-state index in [0.717, 1.165) is 15.9 Å². The van der Waals surface area contributed by atoms with Crippen LogP contribution in [0.3, 0.4) is 0 Å². The average Bonchev–Trinajstić information content (AvgIpc) is 2.38. The molecule has 0 saturated carbocycles. The van der Waals surface area contributed by atoms with Crippen LogP contribution >= 0.6 is 11.9 Å². The summed E-state index contributed by atoms with van der Waals surface area (Å²) in [5.41, 5.74) is 1.73. The molecule has 17 heavy (non-hydrogen) atoms. The minimum Gasteiger partial charge on any atom is -0.354 e. The van der Waals surface area contributed by atoms with Crippen molar-refractivity contribution >= 4 is 33.8 Å². The lowest BCUT2D eigenvalue weighted by molar-refractivity contribution is 1.42. The van der Waals surface area contributed by atoms with Gasteiger partial charge in [0.15, 0.2) is 5.43 Å². The highest BCUT2D eigenvalue weighted by Gasteiger charge is 2.04. The monoisotopic (exact) mass is 242 g/mol. The lowest BCUT2D eigenvalue weighted by Gasteiger charge is -2.03. The number of nitrogens with one attached hydrogen (secondary N) is 1. The summed E-state index contributed by atoms with van der Waals surface area (Å²) in [6, 6.07) is 13.1. The molecule has 0 unspecified atom stereocenters. The summed E-state index contributed by atoms with van der Waals surface area (Å²) in [6.45, 7) is 0. The molecule has 1 aromatic heterocycles. The zero-order valence-electron chi connectivity index (χ0n) is 8.94. The largest absolute Gasteiger partial charge is 0.354 e. The van der Waals surface area contributed by atoms with Crippen LogP contribution in [0.2, 0.25) is 0 Å². The van der Waals surface area contributed by atoms with Gasteiger partial charge in [0.25, 0.3) is 0 Å². The van der Waals surface area contributed by atoms with E-state index in [1.807, 2.05) is 42.5 Å². The molecule has 0 aliphatic heterocycles. The van der Waals surface area contributed by atoms with E-state index in [1.54, 1.807) is 0 Å². The molecule has 3 N–H and O–H groups in total. The first-order valence-electron chi connectivity index (χ1n) is 5.21. The Labute approximate surface area is 102 Å². The first kappa shape index (κ1) is 10.4. The second kappa shape index (κ2) is 3.91. The standard InChI is InChI=1S/C13H10N2OS/c14-17-8-5-6-10-12(7-8)15-11-4-2-1-3-9(11)13(10)16/h1-7H,14H2,(H,15,16). The third kappa shape index (κ3) is 1.62. The van der Waals surface area contributed by atoms with Gasteiger partial charge in [0, 0.05) is 21.2 Å². The SMILES string of the molecule is NSc1ccc2c(=O)c3ccccc3[nH]c2c1. The number of pyridine rings is 1. The van der Waals surface area contributed by atoms with Crippen molar-refractivity contribution in [3.63, 3.8) is 0 Å². The van der Waals surface area contributed by atoms with E-state index in [0.29, 0.717) is 10.8 Å². The number of nitrogens with two attached hydrogens (primary N) is 1. The lowest BCUT2D eigenvalue weighted by atomic mass is 10.1. The molecule has 0 aliphatic carbocycles. The van der Waals surface area contributed by atoms with Gasteiger partial charge in [-0.3, -0.25) is 9.93 Å². The maximum absolute atomic E-state index is 12.2. The third-order valence-corrected chi connectivity index (χ3v) is 3.34. The van der Waals surface area contributed by atoms with Crippen LogP contribution in [0.4, 0.5) is 0 Å². The predicted octanol–water partition coefficient (Wildman–Crippen LogP) is 2.65. The highest BCUT2D eigenvalue weighted by Crippen LogP contribution is 2.19. The number of fused-ring (bicyclic) bond motifs is 2. The molecule has 0 fully saturated rings. The first-order valence-corrected chi connectivity index (χ1v) is 6.09. The van der Waals surface area contributed by atoms with Crippen molar-refractivity contribution in [3.8, 4) is 0 Å². The Morgan fingerprint density at radius 1 is 1.00 bits per heavy atom. The number of aromatic nitrogens is 1. The summed E-state index contributed by atoms with van der Waals surface area (Å²) >= 11 is 1.17. The Bertz CT molecular complexity index is 764. The molecule has 0 radical (unpaired) electrons. The van der Waals surface area contributed by atoms with Crippen LogP contribution in [0.15, 0.2) is 52.2 Å². The predicted molar refractivity (Wildman–Crippen MR) is 72.1 cm³/mol. The minimum absolute atomic E-state index is 0.0583. The van der Waals surface area contributed by atoms with Crippen LogP contribution in [-0.2, 0) is 0 Å². The van der Waals surface area contributed by atoms with Crippen molar-refractivity contribution in [2.75, 3.05) is 0 Å². The molecular weight excluding hydrogens is 232 g/mol. The van der Waals surface area contributed by atoms with Gasteiger partial charge in [-0.15, -0.1) is 0 Å². The molecular formula is C13H10N2OS. The fourth-order valence-corrected chi connectivity index (χ4v) is 2.31. The van der Waals surface area contributed by atoms with Gasteiger partial charge in [-0.2, -0.15) is 0 Å². The van der Waals surface area contributed by atoms with Crippen LogP contribution in [0.25, 0.3) is 21.8 Å². The molecule has 0 amide bonds. The molecule has 0 saturated heterocycles. The molecule has 0 spiro atoms. The Kier molecular flexibility index (Phi) is 2.39. The minimum atomic E-state index is 0.0583. The van der Waals surface area contributed by atoms with Gasteiger partial charge >= 0.3 is 0 Å². The number of benzene rings is 2. The number of hydrogen-bond donors (Lipinski definition) is 2. The van der Waals surface area contributed by atoms with Crippen LogP contribution in [-0.4, -0.2) is 4.98 Å². The van der Waals surface area contributed by atoms with Crippen molar-refractivity contribution in [1.29, 1.82) is 0 Å². The third-order valence-electron chi connectivity index (χ3n) is 2.81. The summed E-state index contributed by atoms with van der Waals surface area (Å²) in [7, 11) is 0. The fraction of sp³-hybridized carbons (Fsp3) is 0. The molecule has 4 heteroatoms.